The maximum absolute atomic E-state index is 10.7. The molecule has 0 radical (unpaired) electrons. The number of benzene rings is 2. The van der Waals surface area contributed by atoms with Crippen LogP contribution >= 0.6 is 12.2 Å². The van der Waals surface area contributed by atoms with Gasteiger partial charge in [0, 0.05) is 17.6 Å². The zero-order valence-corrected chi connectivity index (χ0v) is 19.1. The normalized spacial score (nSPS) is 17.9. The first-order valence-corrected chi connectivity index (χ1v) is 11.1. The molecule has 3 heterocycles. The zero-order valence-electron chi connectivity index (χ0n) is 18.3. The first-order chi connectivity index (χ1) is 16.0. The lowest BCUT2D eigenvalue weighted by Gasteiger charge is -2.28. The predicted octanol–water partition coefficient (Wildman–Crippen LogP) is 5.08. The van der Waals surface area contributed by atoms with Gasteiger partial charge in [-0.2, -0.15) is 0 Å². The number of nitrogens with zero attached hydrogens (tertiary/aromatic N) is 3. The van der Waals surface area contributed by atoms with Gasteiger partial charge in [0.15, 0.2) is 5.11 Å². The summed E-state index contributed by atoms with van der Waals surface area (Å²) in [6.45, 7) is 4.05. The van der Waals surface area contributed by atoms with Gasteiger partial charge in [-0.1, -0.05) is 30.3 Å². The van der Waals surface area contributed by atoms with Gasteiger partial charge in [-0.25, -0.2) is 0 Å². The number of phenolic OH excluding ortho intramolecular Hbond substituents is 2. The van der Waals surface area contributed by atoms with Crippen LogP contribution in [0.4, 0.5) is 5.69 Å². The summed E-state index contributed by atoms with van der Waals surface area (Å²) in [6, 6.07) is 21.9. The molecule has 0 saturated carbocycles. The fourth-order valence-electron chi connectivity index (χ4n) is 4.71. The molecular formula is C26H24N4O2S. The quantitative estimate of drug-likeness (QED) is 0.372. The average molecular weight is 457 g/mol. The first-order valence-electron chi connectivity index (χ1n) is 10.7. The van der Waals surface area contributed by atoms with Crippen LogP contribution in [0.25, 0.3) is 5.69 Å². The summed E-state index contributed by atoms with van der Waals surface area (Å²) in [5, 5.41) is 25.1. The molecule has 33 heavy (non-hydrogen) atoms. The number of phenols is 2. The Kier molecular flexibility index (Phi) is 5.26. The number of rotatable bonds is 4. The Morgan fingerprint density at radius 3 is 2.15 bits per heavy atom. The number of thiocarbonyl (C=S) groups is 1. The molecule has 0 unspecified atom stereocenters. The van der Waals surface area contributed by atoms with Crippen molar-refractivity contribution in [3.63, 3.8) is 0 Å². The molecule has 0 bridgehead atoms. The maximum atomic E-state index is 10.7. The lowest BCUT2D eigenvalue weighted by atomic mass is 9.96. The van der Waals surface area contributed by atoms with Crippen molar-refractivity contribution in [1.29, 1.82) is 0 Å². The zero-order chi connectivity index (χ0) is 23.1. The smallest absolute Gasteiger partial charge is 0.174 e. The molecule has 2 atom stereocenters. The van der Waals surface area contributed by atoms with E-state index in [-0.39, 0.29) is 23.6 Å². The minimum absolute atomic E-state index is 0.155. The van der Waals surface area contributed by atoms with Crippen molar-refractivity contribution in [3.8, 4) is 17.2 Å². The third-order valence-electron chi connectivity index (χ3n) is 6.15. The highest BCUT2D eigenvalue weighted by Crippen LogP contribution is 2.46. The second-order valence-corrected chi connectivity index (χ2v) is 8.52. The number of hydrogen-bond donors (Lipinski definition) is 3. The number of aryl methyl sites for hydroxylation is 1. The topological polar surface area (TPSA) is 73.5 Å². The molecule has 1 fully saturated rings. The molecule has 1 aliphatic heterocycles. The van der Waals surface area contributed by atoms with E-state index in [0.29, 0.717) is 10.8 Å². The molecule has 0 amide bonds. The van der Waals surface area contributed by atoms with Gasteiger partial charge in [-0.3, -0.25) is 4.98 Å². The molecular weight excluding hydrogens is 432 g/mol. The molecule has 5 rings (SSSR count). The van der Waals surface area contributed by atoms with Crippen molar-refractivity contribution in [3.05, 3.63) is 102 Å². The highest BCUT2D eigenvalue weighted by atomic mass is 32.1. The SMILES string of the molecule is Cc1cc([C@@H]2[C@H](c3ccccn3)NC(=S)N2c2ccccc2O)c(C)n1-c1ccccc1O. The Morgan fingerprint density at radius 1 is 0.879 bits per heavy atom. The fourth-order valence-corrected chi connectivity index (χ4v) is 5.05. The van der Waals surface area contributed by atoms with Crippen LogP contribution in [0.15, 0.2) is 79.0 Å². The lowest BCUT2D eigenvalue weighted by molar-refractivity contribution is 0.471. The molecule has 1 saturated heterocycles. The van der Waals surface area contributed by atoms with Crippen LogP contribution in [-0.2, 0) is 0 Å². The standard InChI is InChI=1S/C26H24N4O2S/c1-16-15-18(17(2)29(16)20-10-3-5-12-22(20)31)25-24(19-9-7-8-14-27-19)28-26(33)30(25)21-11-4-6-13-23(21)32/h3-15,24-25,31-32H,1-2H3,(H,28,33)/t24-,25+/m0/s1. The van der Waals surface area contributed by atoms with E-state index in [9.17, 15) is 10.2 Å². The lowest BCUT2D eigenvalue weighted by Crippen LogP contribution is -2.29. The summed E-state index contributed by atoms with van der Waals surface area (Å²) >= 11 is 5.76. The summed E-state index contributed by atoms with van der Waals surface area (Å²) < 4.78 is 2.05. The van der Waals surface area contributed by atoms with E-state index >= 15 is 0 Å². The molecule has 2 aromatic heterocycles. The second-order valence-electron chi connectivity index (χ2n) is 8.14. The summed E-state index contributed by atoms with van der Waals surface area (Å²) in [4.78, 5) is 6.55. The fraction of sp³-hybridized carbons (Fsp3) is 0.154. The van der Waals surface area contributed by atoms with Crippen molar-refractivity contribution in [2.75, 3.05) is 4.90 Å². The van der Waals surface area contributed by atoms with Crippen LogP contribution < -0.4 is 10.2 Å². The number of nitrogens with one attached hydrogen (secondary N) is 1. The highest BCUT2D eigenvalue weighted by molar-refractivity contribution is 7.80. The number of para-hydroxylation sites is 4. The van der Waals surface area contributed by atoms with Gasteiger partial charge in [-0.05, 0) is 74.1 Å². The van der Waals surface area contributed by atoms with Gasteiger partial charge in [-0.15, -0.1) is 0 Å². The number of pyridine rings is 1. The number of anilines is 1. The van der Waals surface area contributed by atoms with E-state index in [1.807, 2.05) is 71.8 Å². The van der Waals surface area contributed by atoms with Crippen molar-refractivity contribution >= 4 is 23.0 Å². The van der Waals surface area contributed by atoms with Crippen LogP contribution in [0.5, 0.6) is 11.5 Å². The van der Waals surface area contributed by atoms with Gasteiger partial charge >= 0.3 is 0 Å². The molecule has 3 N–H and O–H groups in total. The summed E-state index contributed by atoms with van der Waals surface area (Å²) in [6.07, 6.45) is 1.77. The summed E-state index contributed by atoms with van der Waals surface area (Å²) in [7, 11) is 0. The third-order valence-corrected chi connectivity index (χ3v) is 6.47. The van der Waals surface area contributed by atoms with Crippen LogP contribution in [0, 0.1) is 13.8 Å². The number of aromatic nitrogens is 2. The van der Waals surface area contributed by atoms with Crippen molar-refractivity contribution in [1.82, 2.24) is 14.9 Å². The van der Waals surface area contributed by atoms with E-state index in [0.717, 1.165) is 28.3 Å². The summed E-state index contributed by atoms with van der Waals surface area (Å²) in [5.74, 6) is 0.368. The monoisotopic (exact) mass is 456 g/mol. The Hall–Kier alpha value is -3.84. The van der Waals surface area contributed by atoms with E-state index in [2.05, 4.69) is 16.4 Å². The van der Waals surface area contributed by atoms with Crippen molar-refractivity contribution in [2.24, 2.45) is 0 Å². The van der Waals surface area contributed by atoms with Crippen LogP contribution in [0.2, 0.25) is 0 Å². The molecule has 166 valence electrons. The third kappa shape index (κ3) is 3.50. The molecule has 0 spiro atoms. The van der Waals surface area contributed by atoms with Crippen LogP contribution in [-0.4, -0.2) is 24.9 Å². The largest absolute Gasteiger partial charge is 0.506 e. The Balaban J connectivity index is 1.71. The maximum Gasteiger partial charge on any atom is 0.174 e. The van der Waals surface area contributed by atoms with Gasteiger partial charge in [0.2, 0.25) is 0 Å². The second kappa shape index (κ2) is 8.26. The molecule has 7 heteroatoms. The average Bonchev–Trinajstić information content (AvgIpc) is 3.30. The van der Waals surface area contributed by atoms with E-state index in [1.54, 1.807) is 24.4 Å². The van der Waals surface area contributed by atoms with Gasteiger partial charge < -0.3 is 25.0 Å². The molecule has 6 nitrogen and oxygen atoms in total. The van der Waals surface area contributed by atoms with Gasteiger partial charge in [0.05, 0.1) is 29.2 Å². The van der Waals surface area contributed by atoms with Crippen LogP contribution in [0.1, 0.15) is 34.7 Å². The summed E-state index contributed by atoms with van der Waals surface area (Å²) in [5.41, 5.74) is 5.20. The highest BCUT2D eigenvalue weighted by Gasteiger charge is 2.43. The molecule has 0 aliphatic carbocycles. The Bertz CT molecular complexity index is 1340. The molecule has 2 aromatic carbocycles. The molecule has 4 aromatic rings. The first kappa shape index (κ1) is 21.0. The minimum Gasteiger partial charge on any atom is -0.506 e. The van der Waals surface area contributed by atoms with E-state index in [4.69, 9.17) is 12.2 Å². The van der Waals surface area contributed by atoms with Crippen molar-refractivity contribution in [2.45, 2.75) is 25.9 Å². The minimum atomic E-state index is -0.258. The number of aromatic hydroxyl groups is 2. The number of hydrogen-bond acceptors (Lipinski definition) is 4. The van der Waals surface area contributed by atoms with E-state index < -0.39 is 0 Å². The van der Waals surface area contributed by atoms with Crippen molar-refractivity contribution < 1.29 is 10.2 Å². The Morgan fingerprint density at radius 2 is 1.52 bits per heavy atom. The van der Waals surface area contributed by atoms with Gasteiger partial charge in [0.25, 0.3) is 0 Å². The Labute approximate surface area is 197 Å². The van der Waals surface area contributed by atoms with E-state index in [1.165, 1.54) is 0 Å². The van der Waals surface area contributed by atoms with Crippen LogP contribution in [0.3, 0.4) is 0 Å². The molecule has 1 aliphatic rings. The van der Waals surface area contributed by atoms with Gasteiger partial charge in [0.1, 0.15) is 11.5 Å². The predicted molar refractivity (Wildman–Crippen MR) is 133 cm³/mol.